The van der Waals surface area contributed by atoms with Crippen LogP contribution in [0.1, 0.15) is 6.23 Å². The van der Waals surface area contributed by atoms with E-state index in [0.717, 1.165) is 11.1 Å². The summed E-state index contributed by atoms with van der Waals surface area (Å²) in [7, 11) is 0. The minimum atomic E-state index is -1.69. The largest absolute Gasteiger partial charge is 0.394 e. The summed E-state index contributed by atoms with van der Waals surface area (Å²) in [6.45, 7) is -0.466. The molecular weight excluding hydrogens is 335 g/mol. The number of ether oxygens (including phenoxy) is 1. The van der Waals surface area contributed by atoms with E-state index in [2.05, 4.69) is 9.97 Å². The van der Waals surface area contributed by atoms with Crippen molar-refractivity contribution in [3.8, 4) is 11.1 Å². The molecule has 3 aromatic rings. The molecule has 9 heteroatoms. The van der Waals surface area contributed by atoms with Crippen LogP contribution in [-0.2, 0) is 4.74 Å². The molecule has 0 unspecified atom stereocenters. The number of rotatable bonds is 3. The molecule has 1 aliphatic heterocycles. The Bertz CT molecular complexity index is 869. The predicted octanol–water partition coefficient (Wildman–Crippen LogP) is 1.33. The zero-order chi connectivity index (χ0) is 16.8. The van der Waals surface area contributed by atoms with Crippen molar-refractivity contribution in [1.82, 2.24) is 14.5 Å². The number of nitrogens with two attached hydrogens (primary N) is 1. The maximum Gasteiger partial charge on any atom is 0.173 e. The molecule has 1 fully saturated rings. The van der Waals surface area contributed by atoms with Gasteiger partial charge >= 0.3 is 0 Å². The van der Waals surface area contributed by atoms with Crippen LogP contribution in [0.5, 0.6) is 0 Å². The van der Waals surface area contributed by atoms with Crippen molar-refractivity contribution in [2.75, 3.05) is 12.3 Å². The van der Waals surface area contributed by atoms with E-state index < -0.39 is 31.2 Å². The highest BCUT2D eigenvalue weighted by atomic mass is 32.1. The van der Waals surface area contributed by atoms with Crippen LogP contribution < -0.4 is 5.73 Å². The van der Waals surface area contributed by atoms with Crippen molar-refractivity contribution in [2.45, 2.75) is 24.6 Å². The van der Waals surface area contributed by atoms with Gasteiger partial charge in [-0.25, -0.2) is 14.4 Å². The van der Waals surface area contributed by atoms with Crippen LogP contribution in [0.25, 0.3) is 22.2 Å². The van der Waals surface area contributed by atoms with Crippen LogP contribution in [0, 0.1) is 0 Å². The smallest absolute Gasteiger partial charge is 0.173 e. The first-order valence-corrected chi connectivity index (χ1v) is 8.28. The van der Waals surface area contributed by atoms with Gasteiger partial charge in [-0.2, -0.15) is 11.3 Å². The molecule has 3 aromatic heterocycles. The number of nitrogen functional groups attached to an aromatic ring is 1. The van der Waals surface area contributed by atoms with E-state index in [1.165, 1.54) is 22.2 Å². The molecule has 0 radical (unpaired) electrons. The van der Waals surface area contributed by atoms with Crippen LogP contribution >= 0.6 is 11.3 Å². The molecule has 0 spiro atoms. The van der Waals surface area contributed by atoms with E-state index in [1.807, 2.05) is 16.8 Å². The topological polar surface area (TPSA) is 106 Å². The normalized spacial score (nSPS) is 27.1. The summed E-state index contributed by atoms with van der Waals surface area (Å²) in [5, 5.41) is 23.6. The van der Waals surface area contributed by atoms with E-state index >= 15 is 0 Å². The molecule has 24 heavy (non-hydrogen) atoms. The minimum Gasteiger partial charge on any atom is -0.394 e. The Hall–Kier alpha value is -2.07. The average molecular weight is 350 g/mol. The van der Waals surface area contributed by atoms with Crippen molar-refractivity contribution in [2.24, 2.45) is 0 Å². The SMILES string of the molecule is Nc1ncnc2c1c(-c1ccsc1)cn2[C@@H]1O[C@H](CO)[C@@H](O)[C@H]1F. The molecule has 1 aliphatic rings. The lowest BCUT2D eigenvalue weighted by Gasteiger charge is -2.15. The van der Waals surface area contributed by atoms with Crippen molar-refractivity contribution >= 4 is 28.2 Å². The zero-order valence-corrected chi connectivity index (χ0v) is 13.2. The number of hydrogen-bond acceptors (Lipinski definition) is 7. The van der Waals surface area contributed by atoms with Gasteiger partial charge in [-0.05, 0) is 22.4 Å². The lowest BCUT2D eigenvalue weighted by molar-refractivity contribution is -0.0457. The average Bonchev–Trinajstić information content (AvgIpc) is 3.28. The standard InChI is InChI=1S/C15H15FN4O3S/c16-11-12(22)9(4-21)23-15(11)20-3-8(7-1-2-24-5-7)10-13(17)18-6-19-14(10)20/h1-3,5-6,9,11-12,15,21-22H,4H2,(H2,17,18,19)/t9-,11-,12-,15-/m1/s1. The lowest BCUT2D eigenvalue weighted by atomic mass is 10.1. The Morgan fingerprint density at radius 3 is 2.92 bits per heavy atom. The van der Waals surface area contributed by atoms with Gasteiger partial charge in [-0.1, -0.05) is 0 Å². The monoisotopic (exact) mass is 350 g/mol. The maximum absolute atomic E-state index is 14.5. The van der Waals surface area contributed by atoms with Crippen molar-refractivity contribution in [3.05, 3.63) is 29.4 Å². The van der Waals surface area contributed by atoms with E-state index in [9.17, 15) is 14.6 Å². The summed E-state index contributed by atoms with van der Waals surface area (Å²) in [4.78, 5) is 8.23. The second kappa shape index (κ2) is 5.78. The Morgan fingerprint density at radius 2 is 2.25 bits per heavy atom. The number of hydrogen-bond donors (Lipinski definition) is 3. The highest BCUT2D eigenvalue weighted by Gasteiger charge is 2.45. The molecule has 1 saturated heterocycles. The van der Waals surface area contributed by atoms with Crippen LogP contribution in [0.2, 0.25) is 0 Å². The van der Waals surface area contributed by atoms with E-state index in [4.69, 9.17) is 10.5 Å². The number of anilines is 1. The number of halogens is 1. The Kier molecular flexibility index (Phi) is 3.72. The van der Waals surface area contributed by atoms with Crippen molar-refractivity contribution in [1.29, 1.82) is 0 Å². The molecule has 4 N–H and O–H groups in total. The summed E-state index contributed by atoms with van der Waals surface area (Å²) in [6.07, 6.45) is -2.17. The van der Waals surface area contributed by atoms with Gasteiger partial charge < -0.3 is 25.3 Å². The fourth-order valence-corrected chi connectivity index (χ4v) is 3.67. The molecule has 0 aromatic carbocycles. The number of thiophene rings is 1. The summed E-state index contributed by atoms with van der Waals surface area (Å²) in [5.74, 6) is 0.285. The van der Waals surface area contributed by atoms with Crippen LogP contribution in [0.3, 0.4) is 0 Å². The third-order valence-electron chi connectivity index (χ3n) is 4.22. The quantitative estimate of drug-likeness (QED) is 0.658. The number of aliphatic hydroxyl groups excluding tert-OH is 2. The van der Waals surface area contributed by atoms with Gasteiger partial charge in [0, 0.05) is 11.8 Å². The number of alkyl halides is 1. The predicted molar refractivity (Wildman–Crippen MR) is 87.2 cm³/mol. The Balaban J connectivity index is 1.90. The van der Waals surface area contributed by atoms with Gasteiger partial charge in [0.05, 0.1) is 12.0 Å². The zero-order valence-electron chi connectivity index (χ0n) is 12.4. The third kappa shape index (κ3) is 2.20. The minimum absolute atomic E-state index is 0.285. The lowest BCUT2D eigenvalue weighted by Crippen LogP contribution is -2.30. The van der Waals surface area contributed by atoms with Gasteiger partial charge in [0.1, 0.15) is 30.0 Å². The number of fused-ring (bicyclic) bond motifs is 1. The van der Waals surface area contributed by atoms with Crippen LogP contribution in [0.15, 0.2) is 29.4 Å². The molecule has 7 nitrogen and oxygen atoms in total. The summed E-state index contributed by atoms with van der Waals surface area (Å²) < 4.78 is 21.5. The van der Waals surface area contributed by atoms with Crippen LogP contribution in [-0.4, -0.2) is 49.7 Å². The van der Waals surface area contributed by atoms with Gasteiger partial charge in [0.15, 0.2) is 12.4 Å². The van der Waals surface area contributed by atoms with Crippen molar-refractivity contribution < 1.29 is 19.3 Å². The molecule has 4 heterocycles. The highest BCUT2D eigenvalue weighted by Crippen LogP contribution is 2.39. The van der Waals surface area contributed by atoms with Crippen molar-refractivity contribution in [3.63, 3.8) is 0 Å². The van der Waals surface area contributed by atoms with E-state index in [-0.39, 0.29) is 5.82 Å². The molecule has 0 amide bonds. The summed E-state index contributed by atoms with van der Waals surface area (Å²) in [5.41, 5.74) is 8.10. The molecular formula is C15H15FN4O3S. The van der Waals surface area contributed by atoms with Gasteiger partial charge in [-0.15, -0.1) is 0 Å². The molecule has 0 bridgehead atoms. The van der Waals surface area contributed by atoms with Gasteiger partial charge in [-0.3, -0.25) is 0 Å². The number of aliphatic hydroxyl groups is 2. The molecule has 4 rings (SSSR count). The molecule has 4 atom stereocenters. The first-order valence-electron chi connectivity index (χ1n) is 7.34. The summed E-state index contributed by atoms with van der Waals surface area (Å²) in [6, 6.07) is 1.92. The maximum atomic E-state index is 14.5. The fourth-order valence-electron chi connectivity index (χ4n) is 3.02. The van der Waals surface area contributed by atoms with E-state index in [0.29, 0.717) is 11.0 Å². The number of aromatic nitrogens is 3. The van der Waals surface area contributed by atoms with Gasteiger partial charge in [0.2, 0.25) is 0 Å². The molecule has 0 aliphatic carbocycles. The molecule has 126 valence electrons. The van der Waals surface area contributed by atoms with Gasteiger partial charge in [0.25, 0.3) is 0 Å². The number of nitrogens with zero attached hydrogens (tertiary/aromatic N) is 3. The second-order valence-corrected chi connectivity index (χ2v) is 6.38. The summed E-state index contributed by atoms with van der Waals surface area (Å²) >= 11 is 1.53. The first-order chi connectivity index (χ1) is 11.6. The fraction of sp³-hybridized carbons (Fsp3) is 0.333. The highest BCUT2D eigenvalue weighted by molar-refractivity contribution is 7.08. The molecule has 0 saturated carbocycles. The Labute approximate surface area is 140 Å². The van der Waals surface area contributed by atoms with Crippen LogP contribution in [0.4, 0.5) is 10.2 Å². The Morgan fingerprint density at radius 1 is 1.42 bits per heavy atom. The second-order valence-electron chi connectivity index (χ2n) is 5.60. The third-order valence-corrected chi connectivity index (χ3v) is 4.90. The first kappa shape index (κ1) is 15.5. The van der Waals surface area contributed by atoms with E-state index in [1.54, 1.807) is 6.20 Å².